The Bertz CT molecular complexity index is 1560. The Morgan fingerprint density at radius 3 is 1.59 bits per heavy atom. The molecule has 0 aromatic heterocycles. The minimum Gasteiger partial charge on any atom is -0.465 e. The average Bonchev–Trinajstić information content (AvgIpc) is 3.08. The molecule has 0 spiro atoms. The zero-order valence-corrected chi connectivity index (χ0v) is 27.7. The molecule has 1 saturated carbocycles. The van der Waals surface area contributed by atoms with E-state index in [0.29, 0.717) is 0 Å². The number of hydrogen-bond donors (Lipinski definition) is 0. The molecular formula is C33H34F6O8S2. The first-order valence-corrected chi connectivity index (χ1v) is 18.1. The van der Waals surface area contributed by atoms with Crippen LogP contribution in [0.5, 0.6) is 0 Å². The molecule has 0 radical (unpaired) electrons. The van der Waals surface area contributed by atoms with Crippen LogP contribution < -0.4 is 0 Å². The normalized spacial score (nSPS) is 18.0. The molecule has 4 rings (SSSR count). The lowest BCUT2D eigenvalue weighted by atomic mass is 9.87. The van der Waals surface area contributed by atoms with Gasteiger partial charge >= 0.3 is 39.3 Å². The summed E-state index contributed by atoms with van der Waals surface area (Å²) >= 11 is 0. The standard InChI is InChI=1S/C33H34F6O8S2/c1-2-44-30(41)32(36,37)46-25-20-18-24(19-21-25)29(40)45-23-22-31(34,35)33(38,39)49(42,43)47-48(26-12-6-3-7-13-26,27-14-8-4-9-15-27)28-16-10-5-11-17-28/h3-17,24-25H,2,18-23H2,1H3. The fourth-order valence-corrected chi connectivity index (χ4v) is 10.4. The number of ether oxygens (including phenoxy) is 3. The van der Waals surface area contributed by atoms with Crippen molar-refractivity contribution in [1.29, 1.82) is 0 Å². The SMILES string of the molecule is CCOC(=O)C(F)(F)OC1CCC(C(=O)OCCC(F)(F)C(F)(F)S(=O)(=O)OS(c2ccccc2)(c2ccccc2)c2ccccc2)CC1. The van der Waals surface area contributed by atoms with Gasteiger partial charge in [-0.2, -0.15) is 34.8 Å². The molecule has 0 atom stereocenters. The summed E-state index contributed by atoms with van der Waals surface area (Å²) in [6, 6.07) is 22.7. The van der Waals surface area contributed by atoms with Gasteiger partial charge in [0.2, 0.25) is 0 Å². The minimum absolute atomic E-state index is 0.0828. The average molecular weight is 737 g/mol. The van der Waals surface area contributed by atoms with E-state index < -0.39 is 74.7 Å². The molecule has 268 valence electrons. The Hall–Kier alpha value is -3.60. The van der Waals surface area contributed by atoms with E-state index in [9.17, 15) is 26.8 Å². The molecule has 1 aliphatic carbocycles. The van der Waals surface area contributed by atoms with E-state index in [1.165, 1.54) is 79.7 Å². The molecule has 1 fully saturated rings. The highest BCUT2D eigenvalue weighted by Gasteiger charge is 2.67. The fourth-order valence-electron chi connectivity index (χ4n) is 5.15. The number of benzene rings is 3. The first-order chi connectivity index (χ1) is 23.1. The number of esters is 2. The maximum Gasteiger partial charge on any atom is 0.456 e. The van der Waals surface area contributed by atoms with Crippen LogP contribution in [-0.4, -0.2) is 57.0 Å². The van der Waals surface area contributed by atoms with E-state index in [-0.39, 0.29) is 47.0 Å². The highest BCUT2D eigenvalue weighted by Crippen LogP contribution is 2.71. The third-order valence-corrected chi connectivity index (χ3v) is 12.9. The smallest absolute Gasteiger partial charge is 0.456 e. The molecule has 0 unspecified atom stereocenters. The van der Waals surface area contributed by atoms with Gasteiger partial charge in [0.05, 0.1) is 31.7 Å². The van der Waals surface area contributed by atoms with Crippen LogP contribution in [0.1, 0.15) is 39.0 Å². The summed E-state index contributed by atoms with van der Waals surface area (Å²) in [5, 5.41) is -5.78. The van der Waals surface area contributed by atoms with Crippen LogP contribution in [-0.2, 0) is 37.5 Å². The lowest BCUT2D eigenvalue weighted by Crippen LogP contribution is -2.48. The van der Waals surface area contributed by atoms with Crippen LogP contribution in [0.25, 0.3) is 0 Å². The zero-order chi connectivity index (χ0) is 35.9. The lowest BCUT2D eigenvalue weighted by Gasteiger charge is -2.40. The summed E-state index contributed by atoms with van der Waals surface area (Å²) in [4.78, 5) is 24.3. The summed E-state index contributed by atoms with van der Waals surface area (Å²) in [5.74, 6) is -9.14. The van der Waals surface area contributed by atoms with Gasteiger partial charge in [-0.15, -0.1) is 0 Å². The second-order valence-electron chi connectivity index (χ2n) is 11.0. The van der Waals surface area contributed by atoms with Gasteiger partial charge in [-0.1, -0.05) is 54.6 Å². The van der Waals surface area contributed by atoms with E-state index in [0.717, 1.165) is 0 Å². The number of hydrogen-bond acceptors (Lipinski definition) is 8. The van der Waals surface area contributed by atoms with Gasteiger partial charge in [-0.3, -0.25) is 4.79 Å². The molecule has 49 heavy (non-hydrogen) atoms. The first-order valence-electron chi connectivity index (χ1n) is 15.2. The quantitative estimate of drug-likeness (QED) is 0.114. The van der Waals surface area contributed by atoms with Crippen molar-refractivity contribution in [3.05, 3.63) is 91.0 Å². The van der Waals surface area contributed by atoms with Crippen molar-refractivity contribution >= 4 is 32.4 Å². The van der Waals surface area contributed by atoms with Crippen molar-refractivity contribution in [2.45, 2.75) is 77.1 Å². The molecule has 3 aromatic carbocycles. The van der Waals surface area contributed by atoms with E-state index >= 15 is 17.6 Å². The molecule has 3 aromatic rings. The van der Waals surface area contributed by atoms with Crippen LogP contribution in [0.15, 0.2) is 106 Å². The largest absolute Gasteiger partial charge is 0.465 e. The van der Waals surface area contributed by atoms with Gasteiger partial charge in [0.1, 0.15) is 0 Å². The third kappa shape index (κ3) is 8.41. The Labute approximate surface area is 281 Å². The summed E-state index contributed by atoms with van der Waals surface area (Å²) in [5.41, 5.74) is 0. The Morgan fingerprint density at radius 2 is 1.16 bits per heavy atom. The summed E-state index contributed by atoms with van der Waals surface area (Å²) in [6.45, 7) is -0.233. The molecule has 8 nitrogen and oxygen atoms in total. The van der Waals surface area contributed by atoms with E-state index in [2.05, 4.69) is 9.47 Å². The molecule has 0 saturated heterocycles. The van der Waals surface area contributed by atoms with Gasteiger partial charge in [-0.05, 0) is 79.3 Å². The molecule has 0 heterocycles. The van der Waals surface area contributed by atoms with E-state index in [1.807, 2.05) is 0 Å². The predicted molar refractivity (Wildman–Crippen MR) is 166 cm³/mol. The van der Waals surface area contributed by atoms with E-state index in [1.54, 1.807) is 18.2 Å². The summed E-state index contributed by atoms with van der Waals surface area (Å²) in [7, 11) is -9.99. The minimum atomic E-state index is -6.42. The van der Waals surface area contributed by atoms with Gasteiger partial charge in [0.25, 0.3) is 0 Å². The van der Waals surface area contributed by atoms with Crippen molar-refractivity contribution in [1.82, 2.24) is 0 Å². The highest BCUT2D eigenvalue weighted by molar-refractivity contribution is 8.33. The molecular weight excluding hydrogens is 702 g/mol. The van der Waals surface area contributed by atoms with Gasteiger partial charge in [0, 0.05) is 14.7 Å². The number of halogens is 6. The molecule has 16 heteroatoms. The maximum absolute atomic E-state index is 15.5. The number of carbonyl (C=O) groups is 2. The van der Waals surface area contributed by atoms with Crippen molar-refractivity contribution in [2.75, 3.05) is 13.2 Å². The molecule has 0 bridgehead atoms. The first kappa shape index (κ1) is 38.2. The highest BCUT2D eigenvalue weighted by atomic mass is 32.3. The molecule has 1 aliphatic rings. The van der Waals surface area contributed by atoms with Crippen molar-refractivity contribution in [3.8, 4) is 0 Å². The fraction of sp³-hybridized carbons (Fsp3) is 0.394. The van der Waals surface area contributed by atoms with Gasteiger partial charge < -0.3 is 14.2 Å². The second-order valence-corrected chi connectivity index (χ2v) is 15.5. The maximum atomic E-state index is 15.5. The van der Waals surface area contributed by atoms with E-state index in [4.69, 9.17) is 8.37 Å². The van der Waals surface area contributed by atoms with Crippen molar-refractivity contribution in [3.63, 3.8) is 0 Å². The lowest BCUT2D eigenvalue weighted by molar-refractivity contribution is -0.269. The molecule has 0 N–H and O–H groups in total. The Balaban J connectivity index is 1.47. The number of rotatable bonds is 15. The number of carbonyl (C=O) groups excluding carboxylic acids is 2. The van der Waals surface area contributed by atoms with Crippen molar-refractivity contribution < 1.29 is 62.2 Å². The topological polar surface area (TPSA) is 105 Å². The van der Waals surface area contributed by atoms with Crippen LogP contribution in [0.3, 0.4) is 0 Å². The Morgan fingerprint density at radius 1 is 0.714 bits per heavy atom. The zero-order valence-electron chi connectivity index (χ0n) is 26.1. The predicted octanol–water partition coefficient (Wildman–Crippen LogP) is 8.12. The molecule has 0 amide bonds. The second kappa shape index (κ2) is 15.5. The van der Waals surface area contributed by atoms with Crippen LogP contribution >= 0.6 is 10.3 Å². The third-order valence-electron chi connectivity index (χ3n) is 7.65. The molecule has 0 aliphatic heterocycles. The monoisotopic (exact) mass is 736 g/mol. The van der Waals surface area contributed by atoms with Crippen LogP contribution in [0.2, 0.25) is 0 Å². The number of alkyl halides is 6. The summed E-state index contributed by atoms with van der Waals surface area (Å²) < 4.78 is 135. The van der Waals surface area contributed by atoms with Gasteiger partial charge in [0.15, 0.2) is 0 Å². The van der Waals surface area contributed by atoms with Crippen LogP contribution in [0.4, 0.5) is 26.3 Å². The van der Waals surface area contributed by atoms with Gasteiger partial charge in [-0.25, -0.2) is 8.42 Å². The Kier molecular flexibility index (Phi) is 12.1. The summed E-state index contributed by atoms with van der Waals surface area (Å²) in [6.07, 6.45) is -7.60. The van der Waals surface area contributed by atoms with Crippen LogP contribution in [0, 0.1) is 5.92 Å². The van der Waals surface area contributed by atoms with Crippen molar-refractivity contribution in [2.24, 2.45) is 5.92 Å².